The standard InChI is InChI=1S/C30H40O5Si/c1-28(2,17-20-33-23-27(31)32)35-21-18-29(3,4)34-19-12-22-36(24-13-8-7-9-14-24)26-16-11-10-15-25(26)30(36,5)6/h7-11,13-16H,17-21,23H2,1-6H3,(H,31,32). The van der Waals surface area contributed by atoms with Gasteiger partial charge in [0.25, 0.3) is 0 Å². The third kappa shape index (κ3) is 6.27. The molecule has 1 aliphatic rings. The average molecular weight is 509 g/mol. The van der Waals surface area contributed by atoms with Crippen molar-refractivity contribution in [1.29, 1.82) is 0 Å². The van der Waals surface area contributed by atoms with Crippen molar-refractivity contribution < 1.29 is 24.1 Å². The van der Waals surface area contributed by atoms with Crippen LogP contribution in [0, 0.1) is 11.5 Å². The van der Waals surface area contributed by atoms with Crippen molar-refractivity contribution >= 4 is 24.4 Å². The normalized spacial score (nSPS) is 18.5. The molecule has 194 valence electrons. The van der Waals surface area contributed by atoms with Crippen molar-refractivity contribution in [3.05, 3.63) is 60.2 Å². The van der Waals surface area contributed by atoms with E-state index in [1.807, 2.05) is 13.8 Å². The summed E-state index contributed by atoms with van der Waals surface area (Å²) >= 11 is 0. The Bertz CT molecular complexity index is 1100. The Morgan fingerprint density at radius 1 is 0.917 bits per heavy atom. The fourth-order valence-corrected chi connectivity index (χ4v) is 9.83. The number of carbonyl (C=O) groups is 1. The van der Waals surface area contributed by atoms with Crippen LogP contribution in [0.15, 0.2) is 54.6 Å². The van der Waals surface area contributed by atoms with Crippen LogP contribution in [0.5, 0.6) is 0 Å². The van der Waals surface area contributed by atoms with E-state index in [1.54, 1.807) is 0 Å². The molecular formula is C30H40O5Si. The number of hydrogen-bond acceptors (Lipinski definition) is 4. The molecule has 1 heterocycles. The highest BCUT2D eigenvalue weighted by atomic mass is 28.3. The monoisotopic (exact) mass is 508 g/mol. The summed E-state index contributed by atoms with van der Waals surface area (Å²) in [5.41, 5.74) is 4.40. The lowest BCUT2D eigenvalue weighted by Gasteiger charge is -2.53. The predicted octanol–water partition coefficient (Wildman–Crippen LogP) is 4.09. The van der Waals surface area contributed by atoms with Gasteiger partial charge >= 0.3 is 5.97 Å². The highest BCUT2D eigenvalue weighted by Crippen LogP contribution is 2.41. The molecule has 0 aromatic heterocycles. The fourth-order valence-electron chi connectivity index (χ4n) is 4.93. The van der Waals surface area contributed by atoms with E-state index in [-0.39, 0.29) is 17.2 Å². The molecule has 36 heavy (non-hydrogen) atoms. The Hall–Kier alpha value is -2.43. The summed E-state index contributed by atoms with van der Waals surface area (Å²) in [7, 11) is -2.25. The summed E-state index contributed by atoms with van der Waals surface area (Å²) in [6.07, 6.45) is 1.35. The second-order valence-electron chi connectivity index (χ2n) is 11.2. The maximum Gasteiger partial charge on any atom is 0.329 e. The molecule has 6 heteroatoms. The van der Waals surface area contributed by atoms with Crippen LogP contribution in [0.25, 0.3) is 0 Å². The van der Waals surface area contributed by atoms with Gasteiger partial charge in [0.2, 0.25) is 8.07 Å². The summed E-state index contributed by atoms with van der Waals surface area (Å²) in [6.45, 7) is 13.7. The Kier molecular flexibility index (Phi) is 8.84. The molecule has 2 aromatic rings. The van der Waals surface area contributed by atoms with Gasteiger partial charge in [-0.05, 0) is 56.5 Å². The predicted molar refractivity (Wildman–Crippen MR) is 146 cm³/mol. The number of fused-ring (bicyclic) bond motifs is 1. The van der Waals surface area contributed by atoms with Crippen LogP contribution in [0.3, 0.4) is 0 Å². The van der Waals surface area contributed by atoms with Gasteiger partial charge in [0.1, 0.15) is 13.2 Å². The first kappa shape index (κ1) is 28.1. The molecular weight excluding hydrogens is 468 g/mol. The molecule has 3 rings (SSSR count). The highest BCUT2D eigenvalue weighted by Gasteiger charge is 2.60. The molecule has 5 nitrogen and oxygen atoms in total. The molecule has 1 unspecified atom stereocenters. The average Bonchev–Trinajstić information content (AvgIpc) is 2.82. The van der Waals surface area contributed by atoms with Gasteiger partial charge in [-0.1, -0.05) is 74.4 Å². The van der Waals surface area contributed by atoms with Gasteiger partial charge in [-0.25, -0.2) is 4.79 Å². The quantitative estimate of drug-likeness (QED) is 0.266. The summed E-state index contributed by atoms with van der Waals surface area (Å²) in [5.74, 6) is 2.45. The maximum absolute atomic E-state index is 10.6. The van der Waals surface area contributed by atoms with Crippen molar-refractivity contribution in [2.45, 2.75) is 70.6 Å². The minimum atomic E-state index is -2.25. The molecule has 1 atom stereocenters. The lowest BCUT2D eigenvalue weighted by atomic mass is 10.00. The van der Waals surface area contributed by atoms with Crippen molar-refractivity contribution in [1.82, 2.24) is 0 Å². The molecule has 2 aromatic carbocycles. The summed E-state index contributed by atoms with van der Waals surface area (Å²) in [6, 6.07) is 19.5. The summed E-state index contributed by atoms with van der Waals surface area (Å²) in [4.78, 5) is 10.6. The van der Waals surface area contributed by atoms with Crippen molar-refractivity contribution in [2.75, 3.05) is 26.4 Å². The van der Waals surface area contributed by atoms with Crippen LogP contribution in [0.2, 0.25) is 0 Å². The molecule has 1 aliphatic heterocycles. The van der Waals surface area contributed by atoms with E-state index in [4.69, 9.17) is 19.3 Å². The first-order chi connectivity index (χ1) is 16.9. The third-order valence-corrected chi connectivity index (χ3v) is 12.4. The molecule has 0 fully saturated rings. The molecule has 0 amide bonds. The second kappa shape index (κ2) is 11.3. The molecule has 0 saturated heterocycles. The maximum atomic E-state index is 10.6. The number of aliphatic carboxylic acids is 1. The number of benzene rings is 2. The van der Waals surface area contributed by atoms with E-state index in [0.29, 0.717) is 26.2 Å². The van der Waals surface area contributed by atoms with Gasteiger partial charge in [0.05, 0.1) is 24.4 Å². The van der Waals surface area contributed by atoms with Crippen LogP contribution >= 0.6 is 0 Å². The van der Waals surface area contributed by atoms with Crippen LogP contribution in [0.1, 0.15) is 59.9 Å². The minimum absolute atomic E-state index is 0.0288. The fraction of sp³-hybridized carbons (Fsp3) is 0.500. The lowest BCUT2D eigenvalue weighted by Crippen LogP contribution is -2.78. The van der Waals surface area contributed by atoms with E-state index in [1.165, 1.54) is 15.9 Å². The molecule has 0 aliphatic carbocycles. The Labute approximate surface area is 217 Å². The summed E-state index contributed by atoms with van der Waals surface area (Å²) < 4.78 is 17.4. The molecule has 1 N–H and O–H groups in total. The van der Waals surface area contributed by atoms with Crippen LogP contribution < -0.4 is 10.4 Å². The SMILES string of the molecule is CC(C)(CCOC(C)(C)CCOCC(=O)O)OCC#C[Si]1(c2ccccc2)c2ccccc2C1(C)C. The van der Waals surface area contributed by atoms with E-state index in [9.17, 15) is 4.79 Å². The number of carboxylic acid groups (broad SMARTS) is 1. The van der Waals surface area contributed by atoms with E-state index in [0.717, 1.165) is 6.42 Å². The first-order valence-corrected chi connectivity index (χ1v) is 14.6. The first-order valence-electron chi connectivity index (χ1n) is 12.6. The molecule has 0 spiro atoms. The van der Waals surface area contributed by atoms with E-state index in [2.05, 4.69) is 93.8 Å². The Morgan fingerprint density at radius 2 is 1.53 bits per heavy atom. The van der Waals surface area contributed by atoms with Gasteiger partial charge < -0.3 is 19.3 Å². The zero-order chi connectivity index (χ0) is 26.5. The van der Waals surface area contributed by atoms with Gasteiger partial charge in [-0.2, -0.15) is 0 Å². The smallest absolute Gasteiger partial charge is 0.329 e. The van der Waals surface area contributed by atoms with Crippen LogP contribution in [-0.4, -0.2) is 56.8 Å². The topological polar surface area (TPSA) is 65.0 Å². The van der Waals surface area contributed by atoms with Crippen molar-refractivity contribution in [3.8, 4) is 11.5 Å². The van der Waals surface area contributed by atoms with Crippen LogP contribution in [-0.2, 0) is 24.0 Å². The molecule has 0 radical (unpaired) electrons. The van der Waals surface area contributed by atoms with Crippen molar-refractivity contribution in [3.63, 3.8) is 0 Å². The summed E-state index contributed by atoms with van der Waals surface area (Å²) in [5, 5.41) is 11.5. The van der Waals surface area contributed by atoms with Gasteiger partial charge in [-0.15, -0.1) is 5.54 Å². The number of ether oxygens (including phenoxy) is 3. The van der Waals surface area contributed by atoms with Crippen molar-refractivity contribution in [2.24, 2.45) is 0 Å². The van der Waals surface area contributed by atoms with E-state index >= 15 is 0 Å². The van der Waals surface area contributed by atoms with Gasteiger partial charge in [0, 0.05) is 5.04 Å². The van der Waals surface area contributed by atoms with E-state index < -0.39 is 19.6 Å². The van der Waals surface area contributed by atoms with Gasteiger partial charge in [-0.3, -0.25) is 0 Å². The molecule has 0 bridgehead atoms. The number of hydrogen-bond donors (Lipinski definition) is 1. The number of carboxylic acids is 1. The minimum Gasteiger partial charge on any atom is -0.480 e. The second-order valence-corrected chi connectivity index (χ2v) is 15.3. The Morgan fingerprint density at radius 3 is 2.22 bits per heavy atom. The van der Waals surface area contributed by atoms with Crippen LogP contribution in [0.4, 0.5) is 0 Å². The zero-order valence-electron chi connectivity index (χ0n) is 22.5. The third-order valence-electron chi connectivity index (χ3n) is 7.23. The Balaban J connectivity index is 1.59. The largest absolute Gasteiger partial charge is 0.480 e. The lowest BCUT2D eigenvalue weighted by molar-refractivity contribution is -0.143. The highest BCUT2D eigenvalue weighted by molar-refractivity contribution is 7.13. The zero-order valence-corrected chi connectivity index (χ0v) is 23.5. The number of rotatable bonds is 12. The van der Waals surface area contributed by atoms with Gasteiger partial charge in [0.15, 0.2) is 0 Å². The molecule has 0 saturated carbocycles.